The standard InChI is InChI=1S/C15H23O3P/c1-4-5-8-13-9-6-7-10-14(13)18-19-16-11-15(2,3)12-17-19/h6-7,9-10H,4-5,8,11-12H2,1-3H3. The fourth-order valence-electron chi connectivity index (χ4n) is 1.83. The Balaban J connectivity index is 1.95. The SMILES string of the molecule is CCCCc1ccccc1OP1OCC(C)(C)CO1. The lowest BCUT2D eigenvalue weighted by atomic mass is 9.97. The van der Waals surface area contributed by atoms with E-state index < -0.39 is 8.60 Å². The number of benzene rings is 1. The molecule has 19 heavy (non-hydrogen) atoms. The van der Waals surface area contributed by atoms with E-state index in [1.807, 2.05) is 12.1 Å². The van der Waals surface area contributed by atoms with Crippen LogP contribution in [0.4, 0.5) is 0 Å². The van der Waals surface area contributed by atoms with Gasteiger partial charge < -0.3 is 13.6 Å². The summed E-state index contributed by atoms with van der Waals surface area (Å²) in [5, 5.41) is 0. The van der Waals surface area contributed by atoms with Gasteiger partial charge in [0.1, 0.15) is 5.75 Å². The average Bonchev–Trinajstić information content (AvgIpc) is 2.40. The summed E-state index contributed by atoms with van der Waals surface area (Å²) >= 11 is 0. The molecule has 0 atom stereocenters. The molecule has 0 aliphatic carbocycles. The predicted molar refractivity (Wildman–Crippen MR) is 78.3 cm³/mol. The Morgan fingerprint density at radius 1 is 1.21 bits per heavy atom. The van der Waals surface area contributed by atoms with Crippen LogP contribution in [0.3, 0.4) is 0 Å². The van der Waals surface area contributed by atoms with Crippen molar-refractivity contribution in [1.82, 2.24) is 0 Å². The van der Waals surface area contributed by atoms with Crippen molar-refractivity contribution >= 4 is 8.60 Å². The maximum Gasteiger partial charge on any atom is 0.397 e. The highest BCUT2D eigenvalue weighted by Gasteiger charge is 2.31. The lowest BCUT2D eigenvalue weighted by Gasteiger charge is -2.32. The van der Waals surface area contributed by atoms with Crippen molar-refractivity contribution < 1.29 is 13.6 Å². The number of unbranched alkanes of at least 4 members (excludes halogenated alkanes) is 1. The van der Waals surface area contributed by atoms with Gasteiger partial charge in [-0.15, -0.1) is 0 Å². The van der Waals surface area contributed by atoms with Gasteiger partial charge in [0.15, 0.2) is 0 Å². The molecule has 1 fully saturated rings. The topological polar surface area (TPSA) is 27.7 Å². The highest BCUT2D eigenvalue weighted by Crippen LogP contribution is 2.47. The molecular formula is C15H23O3P. The highest BCUT2D eigenvalue weighted by atomic mass is 31.2. The Kier molecular flexibility index (Phi) is 5.20. The van der Waals surface area contributed by atoms with Gasteiger partial charge in [-0.1, -0.05) is 45.4 Å². The summed E-state index contributed by atoms with van der Waals surface area (Å²) in [6, 6.07) is 8.17. The highest BCUT2D eigenvalue weighted by molar-refractivity contribution is 7.42. The monoisotopic (exact) mass is 282 g/mol. The Labute approximate surface area is 117 Å². The largest absolute Gasteiger partial charge is 0.426 e. The first-order valence-electron chi connectivity index (χ1n) is 6.92. The fourth-order valence-corrected chi connectivity index (χ4v) is 3.26. The number of para-hydroxylation sites is 1. The van der Waals surface area contributed by atoms with Crippen LogP contribution in [0.25, 0.3) is 0 Å². The van der Waals surface area contributed by atoms with Crippen LogP contribution >= 0.6 is 8.60 Å². The van der Waals surface area contributed by atoms with E-state index in [0.29, 0.717) is 13.2 Å². The Morgan fingerprint density at radius 3 is 2.58 bits per heavy atom. The van der Waals surface area contributed by atoms with Gasteiger partial charge in [0.25, 0.3) is 0 Å². The third-order valence-corrected chi connectivity index (χ3v) is 4.09. The zero-order valence-corrected chi connectivity index (χ0v) is 12.9. The molecule has 0 bridgehead atoms. The van der Waals surface area contributed by atoms with E-state index >= 15 is 0 Å². The minimum absolute atomic E-state index is 0.0872. The normalized spacial score (nSPS) is 19.3. The molecule has 1 aliphatic heterocycles. The molecule has 1 heterocycles. The molecule has 0 aromatic heterocycles. The van der Waals surface area contributed by atoms with E-state index in [4.69, 9.17) is 13.6 Å². The van der Waals surface area contributed by atoms with Crippen LogP contribution in [0.1, 0.15) is 39.2 Å². The molecular weight excluding hydrogens is 259 g/mol. The third kappa shape index (κ3) is 4.45. The van der Waals surface area contributed by atoms with Crippen molar-refractivity contribution in [3.05, 3.63) is 29.8 Å². The second kappa shape index (κ2) is 6.69. The first kappa shape index (κ1) is 14.8. The molecule has 0 saturated carbocycles. The maximum atomic E-state index is 5.90. The molecule has 4 heteroatoms. The second-order valence-corrected chi connectivity index (χ2v) is 6.88. The zero-order valence-electron chi connectivity index (χ0n) is 12.0. The van der Waals surface area contributed by atoms with Crippen molar-refractivity contribution in [1.29, 1.82) is 0 Å². The van der Waals surface area contributed by atoms with E-state index in [-0.39, 0.29) is 5.41 Å². The number of hydrogen-bond donors (Lipinski definition) is 0. The van der Waals surface area contributed by atoms with Crippen LogP contribution in [0.15, 0.2) is 24.3 Å². The summed E-state index contributed by atoms with van der Waals surface area (Å²) in [5.41, 5.74) is 1.33. The first-order valence-corrected chi connectivity index (χ1v) is 8.02. The van der Waals surface area contributed by atoms with E-state index in [1.165, 1.54) is 18.4 Å². The molecule has 1 aromatic carbocycles. The summed E-state index contributed by atoms with van der Waals surface area (Å²) in [4.78, 5) is 0. The molecule has 3 nitrogen and oxygen atoms in total. The smallest absolute Gasteiger partial charge is 0.397 e. The molecule has 1 aromatic rings. The summed E-state index contributed by atoms with van der Waals surface area (Å²) in [6.45, 7) is 7.85. The van der Waals surface area contributed by atoms with Gasteiger partial charge in [-0.3, -0.25) is 0 Å². The predicted octanol–water partition coefficient (Wildman–Crippen LogP) is 4.71. The van der Waals surface area contributed by atoms with Crippen molar-refractivity contribution in [2.75, 3.05) is 13.2 Å². The average molecular weight is 282 g/mol. The fraction of sp³-hybridized carbons (Fsp3) is 0.600. The van der Waals surface area contributed by atoms with Crippen molar-refractivity contribution in [2.45, 2.75) is 40.0 Å². The minimum atomic E-state index is -1.24. The lowest BCUT2D eigenvalue weighted by Crippen LogP contribution is -2.29. The molecule has 0 N–H and O–H groups in total. The van der Waals surface area contributed by atoms with E-state index in [0.717, 1.165) is 12.2 Å². The second-order valence-electron chi connectivity index (χ2n) is 5.74. The molecule has 1 saturated heterocycles. The summed E-state index contributed by atoms with van der Waals surface area (Å²) in [5.74, 6) is 0.904. The Hall–Kier alpha value is -0.630. The molecule has 0 unspecified atom stereocenters. The van der Waals surface area contributed by atoms with Crippen LogP contribution in [-0.2, 0) is 15.5 Å². The molecule has 0 radical (unpaired) electrons. The van der Waals surface area contributed by atoms with Gasteiger partial charge >= 0.3 is 8.60 Å². The van der Waals surface area contributed by atoms with E-state index in [9.17, 15) is 0 Å². The molecule has 1 aliphatic rings. The van der Waals surface area contributed by atoms with Gasteiger partial charge in [0.2, 0.25) is 0 Å². The maximum absolute atomic E-state index is 5.90. The molecule has 2 rings (SSSR count). The van der Waals surface area contributed by atoms with E-state index in [2.05, 4.69) is 32.9 Å². The van der Waals surface area contributed by atoms with Crippen LogP contribution in [0.2, 0.25) is 0 Å². The molecule has 0 spiro atoms. The van der Waals surface area contributed by atoms with Crippen molar-refractivity contribution in [2.24, 2.45) is 5.41 Å². The summed E-state index contributed by atoms with van der Waals surface area (Å²) in [7, 11) is -1.24. The number of rotatable bonds is 5. The van der Waals surface area contributed by atoms with Crippen LogP contribution in [0.5, 0.6) is 5.75 Å². The van der Waals surface area contributed by atoms with Gasteiger partial charge in [-0.05, 0) is 24.5 Å². The van der Waals surface area contributed by atoms with Crippen molar-refractivity contribution in [3.63, 3.8) is 0 Å². The van der Waals surface area contributed by atoms with Gasteiger partial charge in [0, 0.05) is 5.41 Å². The van der Waals surface area contributed by atoms with Gasteiger partial charge in [-0.25, -0.2) is 0 Å². The quantitative estimate of drug-likeness (QED) is 0.732. The third-order valence-electron chi connectivity index (χ3n) is 3.07. The van der Waals surface area contributed by atoms with Crippen LogP contribution < -0.4 is 4.52 Å². The lowest BCUT2D eigenvalue weighted by molar-refractivity contribution is 0.0425. The minimum Gasteiger partial charge on any atom is -0.426 e. The van der Waals surface area contributed by atoms with Crippen molar-refractivity contribution in [3.8, 4) is 5.75 Å². The number of aryl methyl sites for hydroxylation is 1. The molecule has 0 amide bonds. The summed E-state index contributed by atoms with van der Waals surface area (Å²) < 4.78 is 17.3. The zero-order chi connectivity index (χ0) is 13.7. The Bertz CT molecular complexity index is 396. The van der Waals surface area contributed by atoms with E-state index in [1.54, 1.807) is 0 Å². The van der Waals surface area contributed by atoms with Gasteiger partial charge in [-0.2, -0.15) is 0 Å². The first-order chi connectivity index (χ1) is 9.11. The molecule has 106 valence electrons. The van der Waals surface area contributed by atoms with Gasteiger partial charge in [0.05, 0.1) is 13.2 Å². The Morgan fingerprint density at radius 2 is 1.89 bits per heavy atom. The number of hydrogen-bond acceptors (Lipinski definition) is 3. The summed E-state index contributed by atoms with van der Waals surface area (Å²) in [6.07, 6.45) is 3.40. The van der Waals surface area contributed by atoms with Crippen LogP contribution in [-0.4, -0.2) is 13.2 Å². The van der Waals surface area contributed by atoms with Crippen LogP contribution in [0, 0.1) is 5.41 Å².